The van der Waals surface area contributed by atoms with Gasteiger partial charge in [-0.1, -0.05) is 95.3 Å². The first kappa shape index (κ1) is 18.2. The maximum atomic E-state index is 6.43. The van der Waals surface area contributed by atoms with Gasteiger partial charge in [-0.3, -0.25) is 0 Å². The third kappa shape index (κ3) is 2.55. The minimum absolute atomic E-state index is 0.787. The smallest absolute Gasteiger partial charge is 0.0902 e. The fourth-order valence-electron chi connectivity index (χ4n) is 4.63. The Labute approximate surface area is 189 Å². The molecule has 4 aromatic carbocycles. The molecule has 0 amide bonds. The van der Waals surface area contributed by atoms with Crippen LogP contribution in [-0.4, -0.2) is 8.07 Å². The van der Waals surface area contributed by atoms with Gasteiger partial charge in [-0.2, -0.15) is 0 Å². The number of hydrogen-bond donors (Lipinski definition) is 0. The van der Waals surface area contributed by atoms with E-state index in [0.717, 1.165) is 10.0 Å². The Morgan fingerprint density at radius 3 is 1.66 bits per heavy atom. The normalized spacial score (nSPS) is 15.2. The summed E-state index contributed by atoms with van der Waals surface area (Å²) in [6, 6.07) is 30.6. The maximum Gasteiger partial charge on any atom is 0.184 e. The summed E-state index contributed by atoms with van der Waals surface area (Å²) in [5.74, 6) is 0. The fourth-order valence-corrected chi connectivity index (χ4v) is 14.4. The summed E-state index contributed by atoms with van der Waals surface area (Å²) in [5.41, 5.74) is 0. The summed E-state index contributed by atoms with van der Waals surface area (Å²) in [6.07, 6.45) is 0. The highest BCUT2D eigenvalue weighted by Gasteiger charge is 2.51. The summed E-state index contributed by atoms with van der Waals surface area (Å²) in [6.45, 7) is 0. The molecule has 0 fully saturated rings. The molecule has 29 heavy (non-hydrogen) atoms. The number of halogens is 2. The maximum absolute atomic E-state index is 6.43. The van der Waals surface area contributed by atoms with Crippen molar-refractivity contribution < 1.29 is 0 Å². The molecule has 0 spiro atoms. The molecule has 4 aromatic rings. The molecule has 0 nitrogen and oxygen atoms in total. The third-order valence-electron chi connectivity index (χ3n) is 5.70. The van der Waals surface area contributed by atoms with Gasteiger partial charge in [0.15, 0.2) is 8.07 Å². The van der Waals surface area contributed by atoms with Crippen molar-refractivity contribution in [1.29, 1.82) is 0 Å². The van der Waals surface area contributed by atoms with E-state index in [-0.39, 0.29) is 0 Å². The van der Waals surface area contributed by atoms with E-state index >= 15 is 0 Å². The third-order valence-corrected chi connectivity index (χ3v) is 14.1. The summed E-state index contributed by atoms with van der Waals surface area (Å²) in [7, 11) is -2.46. The zero-order valence-electron chi connectivity index (χ0n) is 15.2. The van der Waals surface area contributed by atoms with Crippen LogP contribution in [0.25, 0.3) is 0 Å². The second-order valence-electron chi connectivity index (χ2n) is 7.23. The van der Waals surface area contributed by atoms with E-state index in [2.05, 4.69) is 72.8 Å². The molecule has 0 aromatic heterocycles. The molecule has 0 aliphatic carbocycles. The molecule has 0 N–H and O–H groups in total. The Morgan fingerprint density at radius 1 is 0.552 bits per heavy atom. The lowest BCUT2D eigenvalue weighted by molar-refractivity contribution is 1.32. The van der Waals surface area contributed by atoms with Crippen LogP contribution in [0.15, 0.2) is 105 Å². The largest absolute Gasteiger partial charge is 0.184 e. The highest BCUT2D eigenvalue weighted by molar-refractivity contribution is 8.01. The standard InChI is InChI=1S/C24H14Cl2S2Si/c25-15-9-11-22-20(13-15)27-18-7-4-8-19-24(18)29(22,17-5-2-1-3-6-17)23-12-10-16(26)14-21(23)28-19/h1-14H. The van der Waals surface area contributed by atoms with Gasteiger partial charge < -0.3 is 0 Å². The van der Waals surface area contributed by atoms with Crippen LogP contribution in [0.3, 0.4) is 0 Å². The first-order valence-electron chi connectivity index (χ1n) is 9.33. The Morgan fingerprint density at radius 2 is 1.10 bits per heavy atom. The lowest BCUT2D eigenvalue weighted by Crippen LogP contribution is -2.78. The van der Waals surface area contributed by atoms with Gasteiger partial charge in [0.2, 0.25) is 0 Å². The van der Waals surface area contributed by atoms with Crippen molar-refractivity contribution in [2.75, 3.05) is 0 Å². The van der Waals surface area contributed by atoms with Crippen molar-refractivity contribution in [3.8, 4) is 0 Å². The zero-order valence-corrected chi connectivity index (χ0v) is 19.3. The lowest BCUT2D eigenvalue weighted by Gasteiger charge is -2.44. The second-order valence-corrected chi connectivity index (χ2v) is 13.9. The average Bonchev–Trinajstić information content (AvgIpc) is 2.73. The fraction of sp³-hybridized carbons (Fsp3) is 0. The quantitative estimate of drug-likeness (QED) is 0.302. The summed E-state index contributed by atoms with van der Waals surface area (Å²) < 4.78 is 0. The van der Waals surface area contributed by atoms with Crippen LogP contribution >= 0.6 is 46.7 Å². The Balaban J connectivity index is 1.84. The topological polar surface area (TPSA) is 0 Å². The Kier molecular flexibility index (Phi) is 4.19. The van der Waals surface area contributed by atoms with Crippen LogP contribution in [0.2, 0.25) is 10.0 Å². The summed E-state index contributed by atoms with van der Waals surface area (Å²) in [4.78, 5) is 5.23. The molecule has 2 aliphatic heterocycles. The van der Waals surface area contributed by atoms with E-state index in [1.54, 1.807) is 0 Å². The van der Waals surface area contributed by atoms with Gasteiger partial charge in [0.05, 0.1) is 0 Å². The Hall–Kier alpha value is -1.62. The first-order valence-corrected chi connectivity index (χ1v) is 13.7. The van der Waals surface area contributed by atoms with Gasteiger partial charge in [0, 0.05) is 29.6 Å². The van der Waals surface area contributed by atoms with E-state index in [4.69, 9.17) is 23.2 Å². The van der Waals surface area contributed by atoms with E-state index in [1.807, 2.05) is 35.7 Å². The molecule has 5 heteroatoms. The SMILES string of the molecule is Clc1ccc2c(c1)Sc1cccc3c1[Si]2(c1ccccc1)c1ccc(Cl)cc1S3. The molecule has 0 unspecified atom stereocenters. The van der Waals surface area contributed by atoms with Gasteiger partial charge >= 0.3 is 0 Å². The molecule has 0 saturated heterocycles. The first-order chi connectivity index (χ1) is 14.2. The predicted molar refractivity (Wildman–Crippen MR) is 128 cm³/mol. The van der Waals surface area contributed by atoms with Crippen molar-refractivity contribution >= 4 is 75.5 Å². The lowest BCUT2D eigenvalue weighted by atomic mass is 10.3. The monoisotopic (exact) mass is 464 g/mol. The van der Waals surface area contributed by atoms with Crippen LogP contribution in [0.1, 0.15) is 0 Å². The molecule has 140 valence electrons. The van der Waals surface area contributed by atoms with Crippen LogP contribution in [0, 0.1) is 0 Å². The minimum atomic E-state index is -2.46. The summed E-state index contributed by atoms with van der Waals surface area (Å²) in [5, 5.41) is 7.32. The number of hydrogen-bond acceptors (Lipinski definition) is 2. The molecule has 6 rings (SSSR count). The van der Waals surface area contributed by atoms with Crippen LogP contribution in [0.5, 0.6) is 0 Å². The molecular formula is C24H14Cl2S2Si. The van der Waals surface area contributed by atoms with Crippen molar-refractivity contribution in [2.45, 2.75) is 19.6 Å². The van der Waals surface area contributed by atoms with Gasteiger partial charge in [-0.25, -0.2) is 0 Å². The molecule has 0 bridgehead atoms. The van der Waals surface area contributed by atoms with Crippen LogP contribution < -0.4 is 20.7 Å². The zero-order chi connectivity index (χ0) is 19.6. The van der Waals surface area contributed by atoms with Crippen LogP contribution in [0.4, 0.5) is 0 Å². The minimum Gasteiger partial charge on any atom is -0.0902 e. The van der Waals surface area contributed by atoms with Crippen molar-refractivity contribution in [1.82, 2.24) is 0 Å². The van der Waals surface area contributed by atoms with Crippen molar-refractivity contribution in [3.63, 3.8) is 0 Å². The number of benzene rings is 4. The number of fused-ring (bicyclic) bond motifs is 4. The van der Waals surface area contributed by atoms with E-state index in [1.165, 1.54) is 40.3 Å². The molecule has 2 aliphatic rings. The van der Waals surface area contributed by atoms with E-state index in [9.17, 15) is 0 Å². The molecule has 0 saturated carbocycles. The van der Waals surface area contributed by atoms with Gasteiger partial charge in [-0.05, 0) is 57.1 Å². The highest BCUT2D eigenvalue weighted by atomic mass is 35.5. The van der Waals surface area contributed by atoms with Crippen molar-refractivity contribution in [3.05, 3.63) is 95.0 Å². The van der Waals surface area contributed by atoms with E-state index < -0.39 is 8.07 Å². The van der Waals surface area contributed by atoms with Gasteiger partial charge in [0.1, 0.15) is 0 Å². The van der Waals surface area contributed by atoms with E-state index in [0.29, 0.717) is 0 Å². The highest BCUT2D eigenvalue weighted by Crippen LogP contribution is 2.42. The average molecular weight is 466 g/mol. The van der Waals surface area contributed by atoms with Gasteiger partial charge in [-0.15, -0.1) is 0 Å². The Bertz CT molecular complexity index is 1210. The van der Waals surface area contributed by atoms with Crippen LogP contribution in [-0.2, 0) is 0 Å². The second kappa shape index (κ2) is 6.69. The predicted octanol–water partition coefficient (Wildman–Crippen LogP) is 5.30. The molecule has 0 atom stereocenters. The van der Waals surface area contributed by atoms with Gasteiger partial charge in [0.25, 0.3) is 0 Å². The molecular weight excluding hydrogens is 451 g/mol. The summed E-state index contributed by atoms with van der Waals surface area (Å²) >= 11 is 16.6. The molecule has 2 heterocycles. The van der Waals surface area contributed by atoms with Crippen molar-refractivity contribution in [2.24, 2.45) is 0 Å². The molecule has 0 radical (unpaired) electrons. The number of rotatable bonds is 1.